The molecule has 1 aromatic heterocycles. The van der Waals surface area contributed by atoms with Crippen molar-refractivity contribution in [1.82, 2.24) is 9.55 Å². The SMILES string of the molecule is CCCn1ccnc1Cc1cc(F)cc(Cl)c1N. The Kier molecular flexibility index (Phi) is 3.87. The molecule has 96 valence electrons. The van der Waals surface area contributed by atoms with E-state index >= 15 is 0 Å². The molecule has 0 aliphatic rings. The van der Waals surface area contributed by atoms with Crippen molar-refractivity contribution in [1.29, 1.82) is 0 Å². The number of benzene rings is 1. The fourth-order valence-corrected chi connectivity index (χ4v) is 2.13. The van der Waals surface area contributed by atoms with Crippen LogP contribution in [0.2, 0.25) is 5.02 Å². The summed E-state index contributed by atoms with van der Waals surface area (Å²) in [4.78, 5) is 4.27. The molecule has 1 heterocycles. The van der Waals surface area contributed by atoms with E-state index in [-0.39, 0.29) is 10.8 Å². The van der Waals surface area contributed by atoms with Gasteiger partial charge in [-0.1, -0.05) is 18.5 Å². The molecule has 0 bridgehead atoms. The first-order valence-electron chi connectivity index (χ1n) is 5.85. The van der Waals surface area contributed by atoms with Gasteiger partial charge in [0.05, 0.1) is 10.7 Å². The Labute approximate surface area is 110 Å². The molecule has 0 aliphatic carbocycles. The number of nitrogen functional groups attached to an aromatic ring is 1. The molecule has 0 saturated carbocycles. The summed E-state index contributed by atoms with van der Waals surface area (Å²) >= 11 is 5.87. The molecule has 2 N–H and O–H groups in total. The Morgan fingerprint density at radius 3 is 2.94 bits per heavy atom. The zero-order valence-corrected chi connectivity index (χ0v) is 10.9. The van der Waals surface area contributed by atoms with Crippen molar-refractivity contribution in [2.24, 2.45) is 0 Å². The first-order valence-corrected chi connectivity index (χ1v) is 6.23. The molecular formula is C13H15ClFN3. The maximum absolute atomic E-state index is 13.3. The molecule has 0 fully saturated rings. The minimum atomic E-state index is -0.377. The van der Waals surface area contributed by atoms with E-state index in [1.54, 1.807) is 6.20 Å². The first-order chi connectivity index (χ1) is 8.61. The maximum Gasteiger partial charge on any atom is 0.125 e. The number of nitrogens with zero attached hydrogens (tertiary/aromatic N) is 2. The summed E-state index contributed by atoms with van der Waals surface area (Å²) in [5, 5.41) is 0.249. The second-order valence-corrected chi connectivity index (χ2v) is 4.58. The monoisotopic (exact) mass is 267 g/mol. The molecule has 5 heteroatoms. The van der Waals surface area contributed by atoms with Gasteiger partial charge in [0.1, 0.15) is 11.6 Å². The molecular weight excluding hydrogens is 253 g/mol. The van der Waals surface area contributed by atoms with Crippen LogP contribution in [0.1, 0.15) is 24.7 Å². The summed E-state index contributed by atoms with van der Waals surface area (Å²) in [6.07, 6.45) is 5.15. The number of imidazole rings is 1. The van der Waals surface area contributed by atoms with Gasteiger partial charge in [-0.15, -0.1) is 0 Å². The summed E-state index contributed by atoms with van der Waals surface area (Å²) in [6.45, 7) is 2.98. The zero-order valence-electron chi connectivity index (χ0n) is 10.2. The number of hydrogen-bond acceptors (Lipinski definition) is 2. The summed E-state index contributed by atoms with van der Waals surface area (Å²) in [5.74, 6) is 0.489. The van der Waals surface area contributed by atoms with E-state index in [1.165, 1.54) is 12.1 Å². The second kappa shape index (κ2) is 5.40. The van der Waals surface area contributed by atoms with Gasteiger partial charge >= 0.3 is 0 Å². The van der Waals surface area contributed by atoms with Crippen LogP contribution < -0.4 is 5.73 Å². The Morgan fingerprint density at radius 2 is 2.22 bits per heavy atom. The molecule has 2 rings (SSSR count). The van der Waals surface area contributed by atoms with Crippen LogP contribution in [0.4, 0.5) is 10.1 Å². The van der Waals surface area contributed by atoms with Crippen LogP contribution in [0.5, 0.6) is 0 Å². The lowest BCUT2D eigenvalue weighted by Crippen LogP contribution is -2.05. The lowest BCUT2D eigenvalue weighted by molar-refractivity contribution is 0.623. The molecule has 0 atom stereocenters. The fraction of sp³-hybridized carbons (Fsp3) is 0.308. The number of aryl methyl sites for hydroxylation is 1. The number of anilines is 1. The highest BCUT2D eigenvalue weighted by Gasteiger charge is 2.10. The van der Waals surface area contributed by atoms with Gasteiger partial charge in [-0.3, -0.25) is 0 Å². The molecule has 1 aromatic carbocycles. The van der Waals surface area contributed by atoms with Crippen LogP contribution >= 0.6 is 11.6 Å². The van der Waals surface area contributed by atoms with Crippen molar-refractivity contribution in [2.75, 3.05) is 5.73 Å². The Hall–Kier alpha value is -1.55. The van der Waals surface area contributed by atoms with Gasteiger partial charge < -0.3 is 10.3 Å². The zero-order chi connectivity index (χ0) is 13.1. The lowest BCUT2D eigenvalue weighted by atomic mass is 10.1. The topological polar surface area (TPSA) is 43.8 Å². The van der Waals surface area contributed by atoms with E-state index < -0.39 is 0 Å². The number of hydrogen-bond donors (Lipinski definition) is 1. The predicted octanol–water partition coefficient (Wildman–Crippen LogP) is 3.26. The molecule has 0 radical (unpaired) electrons. The standard InChI is InChI=1S/C13H15ClFN3/c1-2-4-18-5-3-17-12(18)7-9-6-10(15)8-11(14)13(9)16/h3,5-6,8H,2,4,7,16H2,1H3. The van der Waals surface area contributed by atoms with Crippen LogP contribution in [0.3, 0.4) is 0 Å². The van der Waals surface area contributed by atoms with E-state index in [4.69, 9.17) is 17.3 Å². The van der Waals surface area contributed by atoms with Crippen molar-refractivity contribution >= 4 is 17.3 Å². The normalized spacial score (nSPS) is 10.8. The lowest BCUT2D eigenvalue weighted by Gasteiger charge is -2.09. The fourth-order valence-electron chi connectivity index (χ4n) is 1.91. The van der Waals surface area contributed by atoms with Crippen molar-refractivity contribution in [3.63, 3.8) is 0 Å². The van der Waals surface area contributed by atoms with Crippen LogP contribution in [0.15, 0.2) is 24.5 Å². The number of nitrogens with two attached hydrogens (primary N) is 1. The minimum Gasteiger partial charge on any atom is -0.397 e. The van der Waals surface area contributed by atoms with E-state index in [0.29, 0.717) is 17.7 Å². The molecule has 18 heavy (non-hydrogen) atoms. The third-order valence-corrected chi connectivity index (χ3v) is 3.11. The highest BCUT2D eigenvalue weighted by molar-refractivity contribution is 6.33. The van der Waals surface area contributed by atoms with Crippen molar-refractivity contribution < 1.29 is 4.39 Å². The quantitative estimate of drug-likeness (QED) is 0.864. The molecule has 0 spiro atoms. The summed E-state index contributed by atoms with van der Waals surface area (Å²) < 4.78 is 15.4. The molecule has 0 saturated heterocycles. The summed E-state index contributed by atoms with van der Waals surface area (Å²) in [5.41, 5.74) is 6.95. The van der Waals surface area contributed by atoms with E-state index in [9.17, 15) is 4.39 Å². The number of halogens is 2. The summed E-state index contributed by atoms with van der Waals surface area (Å²) in [7, 11) is 0. The highest BCUT2D eigenvalue weighted by Crippen LogP contribution is 2.26. The van der Waals surface area contributed by atoms with E-state index in [0.717, 1.165) is 18.8 Å². The van der Waals surface area contributed by atoms with Gasteiger partial charge in [0.25, 0.3) is 0 Å². The van der Waals surface area contributed by atoms with Gasteiger partial charge in [-0.25, -0.2) is 9.37 Å². The van der Waals surface area contributed by atoms with Crippen LogP contribution in [0, 0.1) is 5.82 Å². The third kappa shape index (κ3) is 2.64. The van der Waals surface area contributed by atoms with Gasteiger partial charge in [0.15, 0.2) is 0 Å². The van der Waals surface area contributed by atoms with Gasteiger partial charge in [-0.05, 0) is 24.1 Å². The minimum absolute atomic E-state index is 0.249. The van der Waals surface area contributed by atoms with Gasteiger partial charge in [-0.2, -0.15) is 0 Å². The average molecular weight is 268 g/mol. The molecule has 0 unspecified atom stereocenters. The second-order valence-electron chi connectivity index (χ2n) is 4.17. The van der Waals surface area contributed by atoms with Gasteiger partial charge in [0.2, 0.25) is 0 Å². The van der Waals surface area contributed by atoms with E-state index in [1.807, 2.05) is 10.8 Å². The number of aromatic nitrogens is 2. The largest absolute Gasteiger partial charge is 0.397 e. The van der Waals surface area contributed by atoms with Crippen LogP contribution in [-0.4, -0.2) is 9.55 Å². The smallest absolute Gasteiger partial charge is 0.125 e. The van der Waals surface area contributed by atoms with Crippen molar-refractivity contribution in [3.8, 4) is 0 Å². The Morgan fingerprint density at radius 1 is 1.44 bits per heavy atom. The Bertz CT molecular complexity index is 551. The van der Waals surface area contributed by atoms with E-state index in [2.05, 4.69) is 11.9 Å². The average Bonchev–Trinajstić information content (AvgIpc) is 2.73. The van der Waals surface area contributed by atoms with Crippen LogP contribution in [0.25, 0.3) is 0 Å². The summed E-state index contributed by atoms with van der Waals surface area (Å²) in [6, 6.07) is 2.63. The first kappa shape index (κ1) is 12.9. The van der Waals surface area contributed by atoms with Crippen LogP contribution in [-0.2, 0) is 13.0 Å². The molecule has 0 aliphatic heterocycles. The third-order valence-electron chi connectivity index (χ3n) is 2.79. The molecule has 0 amide bonds. The van der Waals surface area contributed by atoms with Crippen molar-refractivity contribution in [2.45, 2.75) is 26.3 Å². The highest BCUT2D eigenvalue weighted by atomic mass is 35.5. The molecule has 2 aromatic rings. The van der Waals surface area contributed by atoms with Gasteiger partial charge in [0, 0.05) is 25.4 Å². The van der Waals surface area contributed by atoms with Crippen molar-refractivity contribution in [3.05, 3.63) is 46.8 Å². The predicted molar refractivity (Wildman–Crippen MR) is 71.1 cm³/mol. The maximum atomic E-state index is 13.3. The molecule has 3 nitrogen and oxygen atoms in total. The Balaban J connectivity index is 2.31. The number of rotatable bonds is 4.